The molecule has 0 fully saturated rings. The molecule has 0 heterocycles. The first-order chi connectivity index (χ1) is 2.27. The Kier molecular flexibility index (Phi) is 2.81. The smallest absolute Gasteiger partial charge is 0.122 e. The van der Waals surface area contributed by atoms with Crippen LogP contribution in [0, 0.1) is 5.41 Å². The largest absolute Gasteiger partial charge is 0.384 e. The van der Waals surface area contributed by atoms with Crippen LogP contribution < -0.4 is 5.73 Å². The molecule has 0 spiro atoms. The Morgan fingerprint density at radius 3 is 2.20 bits per heavy atom. The lowest BCUT2D eigenvalue weighted by Crippen LogP contribution is -1.97. The SMILES string of the molecule is N=C(N)PBr. The van der Waals surface area contributed by atoms with Gasteiger partial charge in [0.15, 0.2) is 0 Å². The van der Waals surface area contributed by atoms with Gasteiger partial charge in [0.1, 0.15) is 5.58 Å². The second kappa shape index (κ2) is 2.61. The number of halogens is 1. The van der Waals surface area contributed by atoms with Crippen molar-refractivity contribution in [3.63, 3.8) is 0 Å². The summed E-state index contributed by atoms with van der Waals surface area (Å²) in [5.41, 5.74) is 5.04. The lowest BCUT2D eigenvalue weighted by molar-refractivity contribution is 1.51. The van der Waals surface area contributed by atoms with E-state index in [1.54, 1.807) is 0 Å². The van der Waals surface area contributed by atoms with Crippen molar-refractivity contribution in [1.29, 1.82) is 5.41 Å². The van der Waals surface area contributed by atoms with E-state index in [-0.39, 0.29) is 12.9 Å². The van der Waals surface area contributed by atoms with Gasteiger partial charge in [-0.1, -0.05) is 15.5 Å². The zero-order valence-electron chi connectivity index (χ0n) is 2.46. The van der Waals surface area contributed by atoms with E-state index in [0.29, 0.717) is 0 Å². The molecule has 0 aliphatic rings. The normalized spacial score (nSPS) is 9.80. The number of nitrogens with two attached hydrogens (primary N) is 1. The maximum absolute atomic E-state index is 6.49. The van der Waals surface area contributed by atoms with Gasteiger partial charge in [-0.25, -0.2) is 0 Å². The zero-order chi connectivity index (χ0) is 4.28. The second-order valence-electron chi connectivity index (χ2n) is 0.508. The van der Waals surface area contributed by atoms with Gasteiger partial charge in [0.2, 0.25) is 0 Å². The molecule has 0 aromatic heterocycles. The third kappa shape index (κ3) is 4.38. The van der Waals surface area contributed by atoms with Crippen molar-refractivity contribution in [3.8, 4) is 0 Å². The third-order valence-electron chi connectivity index (χ3n) is 0.102. The summed E-state index contributed by atoms with van der Waals surface area (Å²) in [5.74, 6) is 0. The van der Waals surface area contributed by atoms with Crippen molar-refractivity contribution in [1.82, 2.24) is 0 Å². The van der Waals surface area contributed by atoms with Crippen LogP contribution in [-0.2, 0) is 0 Å². The van der Waals surface area contributed by atoms with E-state index in [4.69, 9.17) is 11.1 Å². The number of nitrogens with one attached hydrogen (secondary N) is 1. The standard InChI is InChI=1S/CH4BrN2P/c2-5-1(3)4/h5H,(H3,3,4). The molecular formula is CH4BrN2P. The maximum Gasteiger partial charge on any atom is 0.122 e. The Labute approximate surface area is 40.2 Å². The van der Waals surface area contributed by atoms with E-state index in [1.165, 1.54) is 0 Å². The first kappa shape index (κ1) is 5.38. The van der Waals surface area contributed by atoms with Gasteiger partial charge in [-0.15, -0.1) is 0 Å². The van der Waals surface area contributed by atoms with Crippen molar-refractivity contribution in [3.05, 3.63) is 0 Å². The summed E-state index contributed by atoms with van der Waals surface area (Å²) in [5, 5.41) is 6.49. The molecule has 4 heteroatoms. The molecule has 0 saturated heterocycles. The number of hydrogen-bond donors (Lipinski definition) is 2. The van der Waals surface area contributed by atoms with Crippen LogP contribution in [0.4, 0.5) is 0 Å². The van der Waals surface area contributed by atoms with Crippen molar-refractivity contribution in [2.45, 2.75) is 0 Å². The van der Waals surface area contributed by atoms with Gasteiger partial charge in [0, 0.05) is 7.28 Å². The lowest BCUT2D eigenvalue weighted by atomic mass is 11.4. The minimum atomic E-state index is 0.199. The van der Waals surface area contributed by atoms with Crippen LogP contribution in [0.1, 0.15) is 0 Å². The monoisotopic (exact) mass is 154 g/mol. The fourth-order valence-corrected chi connectivity index (χ4v) is 0. The van der Waals surface area contributed by atoms with Gasteiger partial charge in [-0.3, -0.25) is 5.41 Å². The summed E-state index contributed by atoms with van der Waals surface area (Å²) in [4.78, 5) is 0. The van der Waals surface area contributed by atoms with Gasteiger partial charge >= 0.3 is 0 Å². The molecule has 5 heavy (non-hydrogen) atoms. The number of rotatable bonds is 1. The van der Waals surface area contributed by atoms with Crippen molar-refractivity contribution < 1.29 is 0 Å². The highest BCUT2D eigenvalue weighted by Gasteiger charge is 1.72. The summed E-state index contributed by atoms with van der Waals surface area (Å²) in [6.45, 7) is 0. The lowest BCUT2D eigenvalue weighted by Gasteiger charge is -1.77. The molecule has 0 amide bonds. The molecular weight excluding hydrogens is 151 g/mol. The fourth-order valence-electron chi connectivity index (χ4n) is 0. The first-order valence-corrected chi connectivity index (χ1v) is 4.23. The molecule has 2 nitrogen and oxygen atoms in total. The van der Waals surface area contributed by atoms with Crippen LogP contribution in [0.3, 0.4) is 0 Å². The van der Waals surface area contributed by atoms with E-state index in [0.717, 1.165) is 0 Å². The Balaban J connectivity index is 2.85. The Hall–Kier alpha value is 0.380. The molecule has 0 aromatic carbocycles. The van der Waals surface area contributed by atoms with Crippen molar-refractivity contribution >= 4 is 28.3 Å². The molecule has 0 aromatic rings. The van der Waals surface area contributed by atoms with Gasteiger partial charge in [-0.05, 0) is 0 Å². The van der Waals surface area contributed by atoms with Crippen LogP contribution in [0.5, 0.6) is 0 Å². The quantitative estimate of drug-likeness (QED) is 0.329. The van der Waals surface area contributed by atoms with E-state index >= 15 is 0 Å². The van der Waals surface area contributed by atoms with E-state index < -0.39 is 0 Å². The molecule has 3 N–H and O–H groups in total. The molecule has 0 rings (SSSR count). The maximum atomic E-state index is 6.49. The summed E-state index contributed by atoms with van der Waals surface area (Å²) in [6, 6.07) is 0. The molecule has 0 aliphatic carbocycles. The Morgan fingerprint density at radius 2 is 2.20 bits per heavy atom. The molecule has 0 bridgehead atoms. The third-order valence-corrected chi connectivity index (χ3v) is 1.59. The molecule has 1 unspecified atom stereocenters. The van der Waals surface area contributed by atoms with Crippen LogP contribution in [0.15, 0.2) is 0 Å². The average Bonchev–Trinajstić information content (AvgIpc) is 1.38. The van der Waals surface area contributed by atoms with E-state index in [2.05, 4.69) is 15.5 Å². The van der Waals surface area contributed by atoms with Gasteiger partial charge < -0.3 is 5.73 Å². The summed E-state index contributed by atoms with van der Waals surface area (Å²) < 4.78 is 0. The predicted molar refractivity (Wildman–Crippen MR) is 29.2 cm³/mol. The van der Waals surface area contributed by atoms with E-state index in [9.17, 15) is 0 Å². The molecule has 0 saturated carbocycles. The van der Waals surface area contributed by atoms with Crippen LogP contribution in [0.25, 0.3) is 0 Å². The second-order valence-corrected chi connectivity index (χ2v) is 2.43. The van der Waals surface area contributed by atoms with Crippen LogP contribution in [0.2, 0.25) is 0 Å². The zero-order valence-corrected chi connectivity index (χ0v) is 5.04. The number of hydrogen-bond acceptors (Lipinski definition) is 1. The summed E-state index contributed by atoms with van der Waals surface area (Å²) in [7, 11) is 0.288. The van der Waals surface area contributed by atoms with Crippen molar-refractivity contribution in [2.75, 3.05) is 0 Å². The highest BCUT2D eigenvalue weighted by molar-refractivity contribution is 9.38. The average molecular weight is 155 g/mol. The predicted octanol–water partition coefficient (Wildman–Crippen LogP) is 0.868. The van der Waals surface area contributed by atoms with Crippen LogP contribution >= 0.6 is 22.8 Å². The molecule has 1 atom stereocenters. The minimum absolute atomic E-state index is 0.199. The summed E-state index contributed by atoms with van der Waals surface area (Å²) in [6.07, 6.45) is 0. The van der Waals surface area contributed by atoms with Gasteiger partial charge in [0.25, 0.3) is 0 Å². The fraction of sp³-hybridized carbons (Fsp3) is 0. The van der Waals surface area contributed by atoms with E-state index in [1.807, 2.05) is 0 Å². The Bertz CT molecular complexity index is 44.9. The first-order valence-electron chi connectivity index (χ1n) is 0.978. The van der Waals surface area contributed by atoms with Crippen LogP contribution in [-0.4, -0.2) is 5.58 Å². The molecule has 30 valence electrons. The topological polar surface area (TPSA) is 49.9 Å². The molecule has 0 aliphatic heterocycles. The Morgan fingerprint density at radius 1 is 2.00 bits per heavy atom. The molecule has 0 radical (unpaired) electrons. The highest BCUT2D eigenvalue weighted by atomic mass is 79.9. The van der Waals surface area contributed by atoms with Gasteiger partial charge in [0.05, 0.1) is 0 Å². The number of amidine groups is 1. The summed E-state index contributed by atoms with van der Waals surface area (Å²) >= 11 is 2.99. The minimum Gasteiger partial charge on any atom is -0.384 e. The highest BCUT2D eigenvalue weighted by Crippen LogP contribution is 2.16. The van der Waals surface area contributed by atoms with Crippen molar-refractivity contribution in [2.24, 2.45) is 5.73 Å². The van der Waals surface area contributed by atoms with Gasteiger partial charge in [-0.2, -0.15) is 0 Å².